The maximum absolute atomic E-state index is 12.2. The van der Waals surface area contributed by atoms with Crippen LogP contribution in [0.2, 0.25) is 0 Å². The third-order valence-corrected chi connectivity index (χ3v) is 3.18. The van der Waals surface area contributed by atoms with Crippen molar-refractivity contribution in [3.63, 3.8) is 0 Å². The van der Waals surface area contributed by atoms with Crippen molar-refractivity contribution in [2.75, 3.05) is 13.1 Å². The number of hydrogen-bond acceptors (Lipinski definition) is 3. The lowest BCUT2D eigenvalue weighted by atomic mass is 10.2. The van der Waals surface area contributed by atoms with Crippen LogP contribution in [0.3, 0.4) is 0 Å². The summed E-state index contributed by atoms with van der Waals surface area (Å²) in [6.45, 7) is 1.40. The lowest BCUT2D eigenvalue weighted by molar-refractivity contribution is 0.0791. The molecule has 0 aliphatic carbocycles. The number of nitrogens with one attached hydrogen (secondary N) is 1. The third kappa shape index (κ3) is 1.78. The Labute approximate surface area is 98.6 Å². The third-order valence-electron chi connectivity index (χ3n) is 3.18. The summed E-state index contributed by atoms with van der Waals surface area (Å²) in [5.74, 6) is 0.0504. The molecule has 0 saturated carbocycles. The van der Waals surface area contributed by atoms with Gasteiger partial charge in [0.2, 0.25) is 0 Å². The van der Waals surface area contributed by atoms with Crippen LogP contribution in [0.1, 0.15) is 16.8 Å². The molecule has 0 spiro atoms. The van der Waals surface area contributed by atoms with Crippen molar-refractivity contribution in [3.8, 4) is 0 Å². The SMILES string of the molecule is NC1CCN(C(=O)c2ccc3nc[nH]c3c2)C1. The Morgan fingerprint density at radius 2 is 2.41 bits per heavy atom. The van der Waals surface area contributed by atoms with Crippen LogP contribution in [0, 0.1) is 0 Å². The second-order valence-electron chi connectivity index (χ2n) is 4.43. The molecule has 1 saturated heterocycles. The Kier molecular flexibility index (Phi) is 2.33. The van der Waals surface area contributed by atoms with Crippen LogP contribution in [-0.2, 0) is 0 Å². The highest BCUT2D eigenvalue weighted by atomic mass is 16.2. The molecule has 0 bridgehead atoms. The van der Waals surface area contributed by atoms with Gasteiger partial charge < -0.3 is 15.6 Å². The number of likely N-dealkylation sites (tertiary alicyclic amines) is 1. The lowest BCUT2D eigenvalue weighted by Gasteiger charge is -2.15. The molecule has 3 rings (SSSR count). The van der Waals surface area contributed by atoms with Crippen LogP contribution < -0.4 is 5.73 Å². The zero-order valence-corrected chi connectivity index (χ0v) is 9.39. The minimum atomic E-state index is 0.0504. The summed E-state index contributed by atoms with van der Waals surface area (Å²) in [5, 5.41) is 0. The first-order chi connectivity index (χ1) is 8.24. The van der Waals surface area contributed by atoms with Gasteiger partial charge in [0.15, 0.2) is 0 Å². The van der Waals surface area contributed by atoms with E-state index in [1.54, 1.807) is 6.33 Å². The van der Waals surface area contributed by atoms with E-state index in [4.69, 9.17) is 5.73 Å². The monoisotopic (exact) mass is 230 g/mol. The van der Waals surface area contributed by atoms with Gasteiger partial charge in [-0.1, -0.05) is 0 Å². The van der Waals surface area contributed by atoms with Crippen molar-refractivity contribution in [3.05, 3.63) is 30.1 Å². The number of carbonyl (C=O) groups excluding carboxylic acids is 1. The largest absolute Gasteiger partial charge is 0.345 e. The number of amides is 1. The smallest absolute Gasteiger partial charge is 0.253 e. The fourth-order valence-corrected chi connectivity index (χ4v) is 2.22. The Bertz CT molecular complexity index is 562. The fourth-order valence-electron chi connectivity index (χ4n) is 2.22. The van der Waals surface area contributed by atoms with Gasteiger partial charge in [0.1, 0.15) is 0 Å². The first-order valence-corrected chi connectivity index (χ1v) is 5.72. The van der Waals surface area contributed by atoms with Crippen molar-refractivity contribution in [1.82, 2.24) is 14.9 Å². The summed E-state index contributed by atoms with van der Waals surface area (Å²) in [6.07, 6.45) is 2.52. The van der Waals surface area contributed by atoms with E-state index >= 15 is 0 Å². The highest BCUT2D eigenvalue weighted by molar-refractivity contribution is 5.97. The van der Waals surface area contributed by atoms with Gasteiger partial charge in [0.05, 0.1) is 17.4 Å². The van der Waals surface area contributed by atoms with Crippen molar-refractivity contribution >= 4 is 16.9 Å². The number of benzene rings is 1. The summed E-state index contributed by atoms with van der Waals surface area (Å²) < 4.78 is 0. The number of rotatable bonds is 1. The van der Waals surface area contributed by atoms with E-state index in [-0.39, 0.29) is 11.9 Å². The molecule has 17 heavy (non-hydrogen) atoms. The average Bonchev–Trinajstić information content (AvgIpc) is 2.95. The Balaban J connectivity index is 1.89. The first-order valence-electron chi connectivity index (χ1n) is 5.72. The van der Waals surface area contributed by atoms with E-state index in [9.17, 15) is 4.79 Å². The Hall–Kier alpha value is -1.88. The summed E-state index contributed by atoms with van der Waals surface area (Å²) in [7, 11) is 0. The summed E-state index contributed by atoms with van der Waals surface area (Å²) in [5.41, 5.74) is 8.26. The van der Waals surface area contributed by atoms with Crippen LogP contribution in [-0.4, -0.2) is 39.9 Å². The molecule has 2 aromatic rings. The summed E-state index contributed by atoms with van der Waals surface area (Å²) in [4.78, 5) is 21.1. The predicted molar refractivity (Wildman–Crippen MR) is 64.6 cm³/mol. The van der Waals surface area contributed by atoms with Crippen LogP contribution >= 0.6 is 0 Å². The first kappa shape index (κ1) is 10.3. The average molecular weight is 230 g/mol. The molecule has 2 heterocycles. The van der Waals surface area contributed by atoms with Crippen LogP contribution in [0.4, 0.5) is 0 Å². The van der Waals surface area contributed by atoms with Crippen LogP contribution in [0.25, 0.3) is 11.0 Å². The van der Waals surface area contributed by atoms with Gasteiger partial charge in [-0.2, -0.15) is 0 Å². The normalized spacial score (nSPS) is 20.1. The molecular weight excluding hydrogens is 216 g/mol. The molecular formula is C12H14N4O. The van der Waals surface area contributed by atoms with Gasteiger partial charge in [-0.15, -0.1) is 0 Å². The van der Waals surface area contributed by atoms with Gasteiger partial charge in [0, 0.05) is 24.7 Å². The number of imidazole rings is 1. The molecule has 1 unspecified atom stereocenters. The van der Waals surface area contributed by atoms with Crippen LogP contribution in [0.15, 0.2) is 24.5 Å². The minimum absolute atomic E-state index is 0.0504. The molecule has 1 atom stereocenters. The fraction of sp³-hybridized carbons (Fsp3) is 0.333. The number of H-pyrrole nitrogens is 1. The maximum Gasteiger partial charge on any atom is 0.253 e. The Morgan fingerprint density at radius 3 is 3.18 bits per heavy atom. The molecule has 5 heteroatoms. The number of carbonyl (C=O) groups is 1. The molecule has 1 aliphatic rings. The quantitative estimate of drug-likeness (QED) is 0.758. The topological polar surface area (TPSA) is 75.0 Å². The molecule has 1 aromatic heterocycles. The summed E-state index contributed by atoms with van der Waals surface area (Å²) in [6, 6.07) is 5.63. The molecule has 1 aliphatic heterocycles. The van der Waals surface area contributed by atoms with Gasteiger partial charge in [0.25, 0.3) is 5.91 Å². The highest BCUT2D eigenvalue weighted by Crippen LogP contribution is 2.16. The zero-order chi connectivity index (χ0) is 11.8. The standard InChI is InChI=1S/C12H14N4O/c13-9-3-4-16(6-9)12(17)8-1-2-10-11(5-8)15-7-14-10/h1-2,5,7,9H,3-4,6,13H2,(H,14,15). The van der Waals surface area contributed by atoms with Crippen molar-refractivity contribution < 1.29 is 4.79 Å². The van der Waals surface area contributed by atoms with Crippen molar-refractivity contribution in [2.24, 2.45) is 5.73 Å². The number of nitrogens with zero attached hydrogens (tertiary/aromatic N) is 2. The van der Waals surface area contributed by atoms with E-state index in [0.29, 0.717) is 12.1 Å². The maximum atomic E-state index is 12.2. The van der Waals surface area contributed by atoms with Crippen LogP contribution in [0.5, 0.6) is 0 Å². The predicted octanol–water partition coefficient (Wildman–Crippen LogP) is 0.736. The van der Waals surface area contributed by atoms with Gasteiger partial charge in [-0.25, -0.2) is 4.98 Å². The second kappa shape index (κ2) is 3.85. The molecule has 88 valence electrons. The number of aromatic nitrogens is 2. The molecule has 1 amide bonds. The van der Waals surface area contributed by atoms with E-state index < -0.39 is 0 Å². The Morgan fingerprint density at radius 1 is 1.53 bits per heavy atom. The van der Waals surface area contributed by atoms with E-state index in [0.717, 1.165) is 24.0 Å². The highest BCUT2D eigenvalue weighted by Gasteiger charge is 2.24. The molecule has 1 fully saturated rings. The van der Waals surface area contributed by atoms with Crippen molar-refractivity contribution in [1.29, 1.82) is 0 Å². The zero-order valence-electron chi connectivity index (χ0n) is 9.39. The van der Waals surface area contributed by atoms with E-state index in [1.165, 1.54) is 0 Å². The number of fused-ring (bicyclic) bond motifs is 1. The lowest BCUT2D eigenvalue weighted by Crippen LogP contribution is -2.31. The second-order valence-corrected chi connectivity index (χ2v) is 4.43. The molecule has 1 aromatic carbocycles. The summed E-state index contributed by atoms with van der Waals surface area (Å²) >= 11 is 0. The number of nitrogens with two attached hydrogens (primary N) is 1. The van der Waals surface area contributed by atoms with E-state index in [2.05, 4.69) is 9.97 Å². The van der Waals surface area contributed by atoms with Gasteiger partial charge in [-0.3, -0.25) is 4.79 Å². The van der Waals surface area contributed by atoms with Crippen molar-refractivity contribution in [2.45, 2.75) is 12.5 Å². The molecule has 3 N–H and O–H groups in total. The van der Waals surface area contributed by atoms with Gasteiger partial charge >= 0.3 is 0 Å². The molecule has 5 nitrogen and oxygen atoms in total. The van der Waals surface area contributed by atoms with Gasteiger partial charge in [-0.05, 0) is 24.6 Å². The molecule has 0 radical (unpaired) electrons. The minimum Gasteiger partial charge on any atom is -0.345 e. The van der Waals surface area contributed by atoms with E-state index in [1.807, 2.05) is 23.1 Å². The number of aromatic amines is 1. The number of hydrogen-bond donors (Lipinski definition) is 2.